The standard InChI is InChI=1S/C13H10O.C8H11NO.C6H14N2O2/c14-10-11-6-8-13(9-7-11)12-4-2-1-3-5-12;1-10-8-5-3-2-4-7(8)6-9;7-4-2-1-3-5(8)6(9)10/h1-10H;2-5H,6,9H2,1H3;5H,1-4,7-8H2,(H,9,10)/p+1/t;;5-/m..0/s1. The number of para-hydroxylation sites is 1. The van der Waals surface area contributed by atoms with Gasteiger partial charge in [-0.3, -0.25) is 9.59 Å². The molecule has 0 aliphatic heterocycles. The van der Waals surface area contributed by atoms with Gasteiger partial charge in [-0.1, -0.05) is 79.2 Å². The third-order valence-corrected chi connectivity index (χ3v) is 4.85. The van der Waals surface area contributed by atoms with Crippen LogP contribution in [0.5, 0.6) is 5.75 Å². The van der Waals surface area contributed by atoms with Crippen LogP contribution in [0.1, 0.15) is 36.6 Å². The zero-order chi connectivity index (χ0) is 25.2. The van der Waals surface area contributed by atoms with Crippen molar-refractivity contribution in [3.63, 3.8) is 0 Å². The normalized spacial score (nSPS) is 10.6. The summed E-state index contributed by atoms with van der Waals surface area (Å²) in [5.41, 5.74) is 19.9. The molecule has 0 aliphatic carbocycles. The summed E-state index contributed by atoms with van der Waals surface area (Å²) in [4.78, 5) is 20.6. The lowest BCUT2D eigenvalue weighted by Crippen LogP contribution is -2.29. The zero-order valence-corrected chi connectivity index (χ0v) is 19.6. The molecule has 3 rings (SSSR count). The number of carboxylic acids is 1. The van der Waals surface area contributed by atoms with Crippen molar-refractivity contribution < 1.29 is 20.9 Å². The molecular formula is C27H36N3O4+. The maximum Gasteiger partial charge on any atom is 1.00 e. The first-order chi connectivity index (χ1) is 16.5. The van der Waals surface area contributed by atoms with E-state index in [2.05, 4.69) is 12.1 Å². The van der Waals surface area contributed by atoms with Crippen molar-refractivity contribution in [3.8, 4) is 16.9 Å². The first-order valence-electron chi connectivity index (χ1n) is 11.1. The number of carboxylic acid groups (broad SMARTS) is 1. The summed E-state index contributed by atoms with van der Waals surface area (Å²) in [5.74, 6) is -0.0676. The lowest BCUT2D eigenvalue weighted by atomic mass is 10.0. The van der Waals surface area contributed by atoms with Crippen molar-refractivity contribution in [2.24, 2.45) is 17.2 Å². The van der Waals surface area contributed by atoms with Crippen LogP contribution >= 0.6 is 0 Å². The van der Waals surface area contributed by atoms with Gasteiger partial charge in [-0.15, -0.1) is 0 Å². The van der Waals surface area contributed by atoms with E-state index in [9.17, 15) is 9.59 Å². The molecule has 0 saturated heterocycles. The smallest absolute Gasteiger partial charge is 0.496 e. The number of nitrogens with two attached hydrogens (primary N) is 3. The van der Waals surface area contributed by atoms with E-state index in [0.29, 0.717) is 25.1 Å². The Morgan fingerprint density at radius 2 is 1.53 bits per heavy atom. The van der Waals surface area contributed by atoms with Crippen LogP contribution in [0.25, 0.3) is 11.1 Å². The van der Waals surface area contributed by atoms with Crippen molar-refractivity contribution in [2.45, 2.75) is 31.8 Å². The number of aliphatic carboxylic acids is 1. The maximum absolute atomic E-state index is 10.5. The van der Waals surface area contributed by atoms with Gasteiger partial charge in [-0.05, 0) is 36.6 Å². The minimum absolute atomic E-state index is 0. The Bertz CT molecular complexity index is 947. The summed E-state index contributed by atoms with van der Waals surface area (Å²) in [6, 6.07) is 24.7. The lowest BCUT2D eigenvalue weighted by Gasteiger charge is -2.03. The van der Waals surface area contributed by atoms with E-state index < -0.39 is 12.0 Å². The Balaban J connectivity index is 0.000000501. The second-order valence-corrected chi connectivity index (χ2v) is 7.35. The van der Waals surface area contributed by atoms with E-state index in [-0.39, 0.29) is 1.43 Å². The molecule has 0 amide bonds. The number of benzene rings is 3. The van der Waals surface area contributed by atoms with E-state index in [1.54, 1.807) is 7.11 Å². The number of rotatable bonds is 9. The molecule has 0 aliphatic rings. The lowest BCUT2D eigenvalue weighted by molar-refractivity contribution is -0.138. The van der Waals surface area contributed by atoms with E-state index in [4.69, 9.17) is 27.0 Å². The van der Waals surface area contributed by atoms with Gasteiger partial charge < -0.3 is 27.0 Å². The fraction of sp³-hybridized carbons (Fsp3) is 0.259. The van der Waals surface area contributed by atoms with E-state index in [1.165, 1.54) is 5.56 Å². The fourth-order valence-electron chi connectivity index (χ4n) is 2.89. The van der Waals surface area contributed by atoms with Gasteiger partial charge in [0.25, 0.3) is 0 Å². The Labute approximate surface area is 203 Å². The minimum atomic E-state index is -0.933. The summed E-state index contributed by atoms with van der Waals surface area (Å²) in [6.07, 6.45) is 3.02. The SMILES string of the molecule is COc1ccccc1CN.NCCCC[C@H](N)C(=O)O.O=Cc1ccc(-c2ccccc2)cc1.[H+]. The highest BCUT2D eigenvalue weighted by molar-refractivity contribution is 5.76. The van der Waals surface area contributed by atoms with Crippen LogP contribution in [0, 0.1) is 0 Å². The van der Waals surface area contributed by atoms with Crippen molar-refractivity contribution in [2.75, 3.05) is 13.7 Å². The number of carbonyl (C=O) groups excluding carboxylic acids is 1. The quantitative estimate of drug-likeness (QED) is 0.276. The predicted molar refractivity (Wildman–Crippen MR) is 138 cm³/mol. The van der Waals surface area contributed by atoms with Crippen LogP contribution in [-0.2, 0) is 11.3 Å². The molecule has 3 aromatic rings. The van der Waals surface area contributed by atoms with Crippen LogP contribution in [0.4, 0.5) is 0 Å². The topological polar surface area (TPSA) is 142 Å². The first kappa shape index (κ1) is 28.5. The van der Waals surface area contributed by atoms with Gasteiger partial charge >= 0.3 is 7.40 Å². The van der Waals surface area contributed by atoms with Gasteiger partial charge in [-0.2, -0.15) is 0 Å². The van der Waals surface area contributed by atoms with Crippen LogP contribution < -0.4 is 21.9 Å². The van der Waals surface area contributed by atoms with E-state index in [0.717, 1.165) is 36.0 Å². The van der Waals surface area contributed by atoms with Crippen LogP contribution in [-0.4, -0.2) is 37.1 Å². The molecule has 34 heavy (non-hydrogen) atoms. The first-order valence-corrected chi connectivity index (χ1v) is 11.1. The molecule has 1 atom stereocenters. The molecule has 7 heteroatoms. The molecule has 0 spiro atoms. The average Bonchev–Trinajstić information content (AvgIpc) is 2.90. The average molecular weight is 467 g/mol. The Morgan fingerprint density at radius 1 is 0.941 bits per heavy atom. The van der Waals surface area contributed by atoms with Crippen molar-refractivity contribution >= 4 is 12.3 Å². The summed E-state index contributed by atoms with van der Waals surface area (Å²) in [5, 5.41) is 8.33. The van der Waals surface area contributed by atoms with Gasteiger partial charge in [0.2, 0.25) is 0 Å². The molecule has 0 heterocycles. The number of carbonyl (C=O) groups is 2. The number of aldehydes is 1. The van der Waals surface area contributed by atoms with E-state index >= 15 is 0 Å². The summed E-state index contributed by atoms with van der Waals surface area (Å²) >= 11 is 0. The highest BCUT2D eigenvalue weighted by atomic mass is 16.5. The summed E-state index contributed by atoms with van der Waals surface area (Å²) < 4.78 is 5.06. The molecule has 0 aromatic heterocycles. The number of hydrogen-bond acceptors (Lipinski definition) is 6. The van der Waals surface area contributed by atoms with Crippen LogP contribution in [0.15, 0.2) is 78.9 Å². The summed E-state index contributed by atoms with van der Waals surface area (Å²) in [7, 11) is 1.65. The molecular weight excluding hydrogens is 430 g/mol. The molecule has 0 unspecified atom stereocenters. The molecule has 7 nitrogen and oxygen atoms in total. The maximum atomic E-state index is 10.5. The number of unbranched alkanes of at least 4 members (excludes halogenated alkanes) is 1. The third kappa shape index (κ3) is 10.9. The molecule has 182 valence electrons. The highest BCUT2D eigenvalue weighted by Gasteiger charge is 2.09. The monoisotopic (exact) mass is 466 g/mol. The fourth-order valence-corrected chi connectivity index (χ4v) is 2.89. The van der Waals surface area contributed by atoms with E-state index in [1.807, 2.05) is 66.7 Å². The number of ether oxygens (including phenoxy) is 1. The molecule has 0 saturated carbocycles. The molecule has 0 bridgehead atoms. The minimum Gasteiger partial charge on any atom is -0.496 e. The van der Waals surface area contributed by atoms with Crippen molar-refractivity contribution in [3.05, 3.63) is 90.0 Å². The number of methoxy groups -OCH3 is 1. The Kier molecular flexibility index (Phi) is 14.3. The summed E-state index contributed by atoms with van der Waals surface area (Å²) in [6.45, 7) is 1.14. The van der Waals surface area contributed by atoms with Crippen LogP contribution in [0.2, 0.25) is 0 Å². The predicted octanol–water partition coefficient (Wildman–Crippen LogP) is 3.96. The van der Waals surface area contributed by atoms with Crippen molar-refractivity contribution in [1.82, 2.24) is 0 Å². The van der Waals surface area contributed by atoms with Gasteiger partial charge in [0.05, 0.1) is 7.11 Å². The second kappa shape index (κ2) is 17.0. The molecule has 0 radical (unpaired) electrons. The van der Waals surface area contributed by atoms with Gasteiger partial charge in [0, 0.05) is 17.7 Å². The zero-order valence-electron chi connectivity index (χ0n) is 20.6. The van der Waals surface area contributed by atoms with Crippen LogP contribution in [0.3, 0.4) is 0 Å². The molecule has 0 fully saturated rings. The van der Waals surface area contributed by atoms with Crippen molar-refractivity contribution in [1.29, 1.82) is 0 Å². The number of hydrogen-bond donors (Lipinski definition) is 4. The largest absolute Gasteiger partial charge is 1.00 e. The van der Waals surface area contributed by atoms with Gasteiger partial charge in [-0.25, -0.2) is 0 Å². The molecule has 7 N–H and O–H groups in total. The third-order valence-electron chi connectivity index (χ3n) is 4.85. The Hall–Kier alpha value is -3.52. The molecule has 3 aromatic carbocycles. The highest BCUT2D eigenvalue weighted by Crippen LogP contribution is 2.18. The van der Waals surface area contributed by atoms with Gasteiger partial charge in [0.15, 0.2) is 0 Å². The Morgan fingerprint density at radius 3 is 2.03 bits per heavy atom. The van der Waals surface area contributed by atoms with Gasteiger partial charge in [0.1, 0.15) is 18.1 Å². The second-order valence-electron chi connectivity index (χ2n) is 7.35.